The summed E-state index contributed by atoms with van der Waals surface area (Å²) < 4.78 is 5.58. The molecular weight excluding hydrogens is 242 g/mol. The van der Waals surface area contributed by atoms with Crippen molar-refractivity contribution in [1.82, 2.24) is 5.32 Å². The fraction of sp³-hybridized carbons (Fsp3) is 0.600. The summed E-state index contributed by atoms with van der Waals surface area (Å²) in [6, 6.07) is 9.13. The molecule has 0 amide bonds. The third-order valence-corrected chi connectivity index (χ3v) is 5.25. The van der Waals surface area contributed by atoms with Crippen LogP contribution in [0.1, 0.15) is 18.4 Å². The van der Waals surface area contributed by atoms with Crippen molar-refractivity contribution in [1.29, 1.82) is 0 Å². The summed E-state index contributed by atoms with van der Waals surface area (Å²) in [5.74, 6) is 0.785. The molecule has 1 aromatic carbocycles. The number of piperidine rings is 1. The monoisotopic (exact) mass is 263 g/mol. The summed E-state index contributed by atoms with van der Waals surface area (Å²) in [5, 5.41) is 3.46. The topological polar surface area (TPSA) is 21.3 Å². The van der Waals surface area contributed by atoms with Crippen LogP contribution in [0.4, 0.5) is 0 Å². The Bertz CT molecular complexity index is 393. The van der Waals surface area contributed by atoms with Crippen LogP contribution in [0.5, 0.6) is 0 Å². The summed E-state index contributed by atoms with van der Waals surface area (Å²) >= 11 is 1.81. The molecule has 2 aliphatic heterocycles. The predicted octanol–water partition coefficient (Wildman–Crippen LogP) is 2.68. The van der Waals surface area contributed by atoms with Crippen molar-refractivity contribution >= 4 is 11.8 Å². The van der Waals surface area contributed by atoms with Crippen LogP contribution in [0.25, 0.3) is 0 Å². The van der Waals surface area contributed by atoms with Crippen molar-refractivity contribution < 1.29 is 4.74 Å². The van der Waals surface area contributed by atoms with E-state index >= 15 is 0 Å². The van der Waals surface area contributed by atoms with Gasteiger partial charge in [-0.1, -0.05) is 12.1 Å². The van der Waals surface area contributed by atoms with Crippen molar-refractivity contribution in [3.8, 4) is 0 Å². The van der Waals surface area contributed by atoms with Gasteiger partial charge in [0.1, 0.15) is 0 Å². The van der Waals surface area contributed by atoms with Crippen molar-refractivity contribution in [3.63, 3.8) is 0 Å². The number of hydrogen-bond acceptors (Lipinski definition) is 3. The lowest BCUT2D eigenvalue weighted by atomic mass is 9.65. The van der Waals surface area contributed by atoms with Gasteiger partial charge in [-0.3, -0.25) is 0 Å². The van der Waals surface area contributed by atoms with E-state index in [1.807, 2.05) is 11.8 Å². The highest BCUT2D eigenvalue weighted by Crippen LogP contribution is 2.43. The molecule has 0 aliphatic carbocycles. The number of thioether (sulfide) groups is 1. The predicted molar refractivity (Wildman–Crippen MR) is 76.3 cm³/mol. The van der Waals surface area contributed by atoms with Gasteiger partial charge in [-0.15, -0.1) is 11.8 Å². The number of rotatable bonds is 3. The molecule has 0 saturated carbocycles. The molecule has 18 heavy (non-hydrogen) atoms. The number of ether oxygens (including phenoxy) is 1. The first-order chi connectivity index (χ1) is 8.85. The first kappa shape index (κ1) is 12.5. The van der Waals surface area contributed by atoms with Crippen LogP contribution in [-0.2, 0) is 10.2 Å². The number of hydrogen-bond donors (Lipinski definition) is 1. The average Bonchev–Trinajstić information content (AvgIpc) is 2.40. The zero-order valence-corrected chi connectivity index (χ0v) is 11.8. The fourth-order valence-electron chi connectivity index (χ4n) is 3.26. The van der Waals surface area contributed by atoms with E-state index in [2.05, 4.69) is 35.8 Å². The third kappa shape index (κ3) is 2.09. The summed E-state index contributed by atoms with van der Waals surface area (Å²) in [5.41, 5.74) is 1.79. The zero-order chi connectivity index (χ0) is 12.4. The lowest BCUT2D eigenvalue weighted by Crippen LogP contribution is -2.54. The van der Waals surface area contributed by atoms with Gasteiger partial charge >= 0.3 is 0 Å². The van der Waals surface area contributed by atoms with Crippen molar-refractivity contribution in [2.75, 3.05) is 32.6 Å². The molecular formula is C15H21NOS. The quantitative estimate of drug-likeness (QED) is 0.847. The van der Waals surface area contributed by atoms with E-state index in [4.69, 9.17) is 4.74 Å². The molecule has 0 bridgehead atoms. The van der Waals surface area contributed by atoms with E-state index in [1.54, 1.807) is 0 Å². The van der Waals surface area contributed by atoms with E-state index < -0.39 is 0 Å². The Hall–Kier alpha value is -0.510. The van der Waals surface area contributed by atoms with Gasteiger partial charge in [0.25, 0.3) is 0 Å². The second-order valence-electron chi connectivity index (χ2n) is 5.40. The molecule has 2 nitrogen and oxygen atoms in total. The van der Waals surface area contributed by atoms with E-state index in [0.717, 1.165) is 32.2 Å². The minimum Gasteiger partial charge on any atom is -0.379 e. The Morgan fingerprint density at radius 2 is 1.83 bits per heavy atom. The molecule has 98 valence electrons. The fourth-order valence-corrected chi connectivity index (χ4v) is 3.67. The molecule has 3 heteroatoms. The summed E-state index contributed by atoms with van der Waals surface area (Å²) in [6.45, 7) is 4.15. The Labute approximate surface area is 113 Å². The van der Waals surface area contributed by atoms with Gasteiger partial charge in [0.15, 0.2) is 0 Å². The maximum absolute atomic E-state index is 5.58. The summed E-state index contributed by atoms with van der Waals surface area (Å²) in [7, 11) is 0. The lowest BCUT2D eigenvalue weighted by molar-refractivity contribution is -0.0964. The van der Waals surface area contributed by atoms with Gasteiger partial charge in [-0.05, 0) is 55.8 Å². The molecule has 0 unspecified atom stereocenters. The van der Waals surface area contributed by atoms with Crippen LogP contribution in [-0.4, -0.2) is 32.6 Å². The highest BCUT2D eigenvalue weighted by Gasteiger charge is 2.46. The zero-order valence-electron chi connectivity index (χ0n) is 10.9. The second kappa shape index (κ2) is 5.24. The minimum absolute atomic E-state index is 0.305. The molecule has 1 N–H and O–H groups in total. The van der Waals surface area contributed by atoms with E-state index in [0.29, 0.717) is 5.41 Å². The standard InChI is InChI=1S/C15H21NOS/c1-18-14-4-2-12(3-5-14)15(10-17-11-15)13-6-8-16-9-7-13/h2-5,13,16H,6-11H2,1H3. The smallest absolute Gasteiger partial charge is 0.0588 e. The maximum Gasteiger partial charge on any atom is 0.0588 e. The van der Waals surface area contributed by atoms with Gasteiger partial charge in [-0.2, -0.15) is 0 Å². The summed E-state index contributed by atoms with van der Waals surface area (Å²) in [4.78, 5) is 1.35. The van der Waals surface area contributed by atoms with Crippen LogP contribution in [0.15, 0.2) is 29.2 Å². The first-order valence-corrected chi connectivity index (χ1v) is 8.01. The van der Waals surface area contributed by atoms with E-state index in [-0.39, 0.29) is 0 Å². The molecule has 0 spiro atoms. The van der Waals surface area contributed by atoms with Crippen LogP contribution in [0.3, 0.4) is 0 Å². The van der Waals surface area contributed by atoms with Crippen molar-refractivity contribution in [2.45, 2.75) is 23.2 Å². The Balaban J connectivity index is 1.85. The molecule has 2 aliphatic rings. The summed E-state index contributed by atoms with van der Waals surface area (Å²) in [6.07, 6.45) is 4.70. The van der Waals surface area contributed by atoms with Gasteiger partial charge in [-0.25, -0.2) is 0 Å². The molecule has 0 radical (unpaired) electrons. The highest BCUT2D eigenvalue weighted by molar-refractivity contribution is 7.98. The van der Waals surface area contributed by atoms with Crippen LogP contribution in [0, 0.1) is 5.92 Å². The van der Waals surface area contributed by atoms with Gasteiger partial charge < -0.3 is 10.1 Å². The molecule has 1 aromatic rings. The van der Waals surface area contributed by atoms with Crippen LogP contribution < -0.4 is 5.32 Å². The highest BCUT2D eigenvalue weighted by atomic mass is 32.2. The first-order valence-electron chi connectivity index (χ1n) is 6.78. The van der Waals surface area contributed by atoms with Gasteiger partial charge in [0, 0.05) is 10.3 Å². The SMILES string of the molecule is CSc1ccc(C2(C3CCNCC3)COC2)cc1. The molecule has 0 aromatic heterocycles. The minimum atomic E-state index is 0.305. The Morgan fingerprint density at radius 3 is 2.33 bits per heavy atom. The Kier molecular flexibility index (Phi) is 3.64. The van der Waals surface area contributed by atoms with E-state index in [9.17, 15) is 0 Å². The third-order valence-electron chi connectivity index (χ3n) is 4.50. The molecule has 2 saturated heterocycles. The van der Waals surface area contributed by atoms with Crippen molar-refractivity contribution in [2.24, 2.45) is 5.92 Å². The molecule has 2 fully saturated rings. The van der Waals surface area contributed by atoms with Gasteiger partial charge in [0.05, 0.1) is 13.2 Å². The number of benzene rings is 1. The normalized spacial score (nSPS) is 23.6. The second-order valence-corrected chi connectivity index (χ2v) is 6.28. The van der Waals surface area contributed by atoms with Crippen LogP contribution >= 0.6 is 11.8 Å². The molecule has 0 atom stereocenters. The van der Waals surface area contributed by atoms with Gasteiger partial charge in [0.2, 0.25) is 0 Å². The van der Waals surface area contributed by atoms with E-state index in [1.165, 1.54) is 23.3 Å². The van der Waals surface area contributed by atoms with Crippen LogP contribution in [0.2, 0.25) is 0 Å². The average molecular weight is 263 g/mol. The number of nitrogens with one attached hydrogen (secondary N) is 1. The lowest BCUT2D eigenvalue weighted by Gasteiger charge is -2.49. The molecule has 3 rings (SSSR count). The Morgan fingerprint density at radius 1 is 1.17 bits per heavy atom. The molecule has 2 heterocycles. The largest absolute Gasteiger partial charge is 0.379 e. The van der Waals surface area contributed by atoms with Crippen molar-refractivity contribution in [3.05, 3.63) is 29.8 Å². The maximum atomic E-state index is 5.58.